The van der Waals surface area contributed by atoms with E-state index in [-0.39, 0.29) is 11.8 Å². The number of nitrogens with zero attached hydrogens (tertiary/aromatic N) is 1. The average Bonchev–Trinajstić information content (AvgIpc) is 3.30. The van der Waals surface area contributed by atoms with Gasteiger partial charge in [-0.2, -0.15) is 0 Å². The first-order valence-electron chi connectivity index (χ1n) is 6.92. The zero-order valence-electron chi connectivity index (χ0n) is 11.7. The molecule has 2 aromatic rings. The lowest BCUT2D eigenvalue weighted by Crippen LogP contribution is -2.13. The Hall–Kier alpha value is -1.88. The summed E-state index contributed by atoms with van der Waals surface area (Å²) in [5.41, 5.74) is 2.89. The van der Waals surface area contributed by atoms with Crippen molar-refractivity contribution in [1.29, 1.82) is 0 Å². The number of nitrogens with one attached hydrogen (secondary N) is 2. The lowest BCUT2D eigenvalue weighted by molar-refractivity contribution is -0.117. The monoisotopic (exact) mass is 345 g/mol. The number of rotatable bonds is 4. The lowest BCUT2D eigenvalue weighted by Gasteiger charge is -2.08. The number of pyridine rings is 1. The van der Waals surface area contributed by atoms with Gasteiger partial charge in [0.25, 0.3) is 0 Å². The number of amides is 1. The molecule has 108 valence electrons. The van der Waals surface area contributed by atoms with Crippen LogP contribution in [0, 0.1) is 12.8 Å². The Kier molecular flexibility index (Phi) is 3.92. The van der Waals surface area contributed by atoms with Gasteiger partial charge >= 0.3 is 0 Å². The molecule has 1 heterocycles. The van der Waals surface area contributed by atoms with E-state index in [9.17, 15) is 4.79 Å². The molecule has 1 saturated carbocycles. The zero-order valence-corrected chi connectivity index (χ0v) is 13.3. The van der Waals surface area contributed by atoms with Crippen LogP contribution in [0.2, 0.25) is 0 Å². The van der Waals surface area contributed by atoms with Gasteiger partial charge in [0.05, 0.1) is 11.9 Å². The molecule has 3 rings (SSSR count). The smallest absolute Gasteiger partial charge is 0.227 e. The molecule has 0 atom stereocenters. The molecule has 2 N–H and O–H groups in total. The number of halogens is 1. The van der Waals surface area contributed by atoms with Gasteiger partial charge in [-0.15, -0.1) is 0 Å². The van der Waals surface area contributed by atoms with Crippen LogP contribution in [-0.2, 0) is 4.79 Å². The fraction of sp³-hybridized carbons (Fsp3) is 0.250. The van der Waals surface area contributed by atoms with Crippen LogP contribution in [0.5, 0.6) is 0 Å². The maximum absolute atomic E-state index is 11.7. The van der Waals surface area contributed by atoms with Crippen molar-refractivity contribution in [1.82, 2.24) is 4.98 Å². The first-order valence-corrected chi connectivity index (χ1v) is 7.71. The minimum absolute atomic E-state index is 0.0972. The summed E-state index contributed by atoms with van der Waals surface area (Å²) < 4.78 is 1.06. The molecule has 0 radical (unpaired) electrons. The van der Waals surface area contributed by atoms with Crippen molar-refractivity contribution in [2.75, 3.05) is 10.6 Å². The highest BCUT2D eigenvalue weighted by Crippen LogP contribution is 2.30. The molecule has 21 heavy (non-hydrogen) atoms. The first kappa shape index (κ1) is 14.1. The van der Waals surface area contributed by atoms with Crippen molar-refractivity contribution in [3.8, 4) is 0 Å². The second kappa shape index (κ2) is 5.85. The molecule has 1 aliphatic rings. The van der Waals surface area contributed by atoms with Crippen LogP contribution in [-0.4, -0.2) is 10.9 Å². The van der Waals surface area contributed by atoms with Crippen molar-refractivity contribution >= 4 is 39.0 Å². The van der Waals surface area contributed by atoms with E-state index in [2.05, 4.69) is 31.5 Å². The van der Waals surface area contributed by atoms with Crippen molar-refractivity contribution < 1.29 is 4.79 Å². The summed E-state index contributed by atoms with van der Waals surface area (Å²) in [7, 11) is 0. The van der Waals surface area contributed by atoms with Crippen molar-refractivity contribution in [2.24, 2.45) is 5.92 Å². The van der Waals surface area contributed by atoms with Crippen LogP contribution in [0.15, 0.2) is 41.0 Å². The highest BCUT2D eigenvalue weighted by atomic mass is 79.9. The molecule has 0 unspecified atom stereocenters. The number of aromatic nitrogens is 1. The summed E-state index contributed by atoms with van der Waals surface area (Å²) in [6.45, 7) is 2.05. The molecule has 1 aromatic heterocycles. The van der Waals surface area contributed by atoms with Gasteiger partial charge in [0.15, 0.2) is 0 Å². The highest BCUT2D eigenvalue weighted by molar-refractivity contribution is 9.10. The van der Waals surface area contributed by atoms with E-state index in [1.807, 2.05) is 37.3 Å². The molecule has 4 nitrogen and oxygen atoms in total. The summed E-state index contributed by atoms with van der Waals surface area (Å²) in [6, 6.07) is 9.77. The third-order valence-corrected chi connectivity index (χ3v) is 4.28. The summed E-state index contributed by atoms with van der Waals surface area (Å²) in [4.78, 5) is 16.0. The standard InChI is InChI=1S/C16H16BrN3O/c1-10-2-5-12(8-14(10)17)19-15-7-6-13(9-18-15)20-16(21)11-3-4-11/h2,5-9,11H,3-4H2,1H3,(H,18,19)(H,20,21). The fourth-order valence-electron chi connectivity index (χ4n) is 1.95. The number of anilines is 3. The lowest BCUT2D eigenvalue weighted by atomic mass is 10.2. The van der Waals surface area contributed by atoms with E-state index in [1.54, 1.807) is 6.20 Å². The Labute approximate surface area is 132 Å². The Morgan fingerprint density at radius 3 is 2.62 bits per heavy atom. The first-order chi connectivity index (χ1) is 10.1. The molecule has 1 amide bonds. The normalized spacial score (nSPS) is 13.8. The van der Waals surface area contributed by atoms with Gasteiger partial charge in [-0.05, 0) is 49.6 Å². The molecule has 1 aromatic carbocycles. The maximum Gasteiger partial charge on any atom is 0.227 e. The van der Waals surface area contributed by atoms with E-state index in [0.29, 0.717) is 0 Å². The molecule has 0 aliphatic heterocycles. The fourth-order valence-corrected chi connectivity index (χ4v) is 2.33. The third kappa shape index (κ3) is 3.61. The van der Waals surface area contributed by atoms with E-state index in [0.717, 1.165) is 34.5 Å². The van der Waals surface area contributed by atoms with Gasteiger partial charge < -0.3 is 10.6 Å². The number of hydrogen-bond donors (Lipinski definition) is 2. The van der Waals surface area contributed by atoms with Gasteiger partial charge in [0.2, 0.25) is 5.91 Å². The van der Waals surface area contributed by atoms with Crippen LogP contribution in [0.1, 0.15) is 18.4 Å². The number of carbonyl (C=O) groups excluding carboxylic acids is 1. The molecule has 1 fully saturated rings. The number of aryl methyl sites for hydroxylation is 1. The van der Waals surface area contributed by atoms with Crippen molar-refractivity contribution in [3.63, 3.8) is 0 Å². The Balaban J connectivity index is 1.65. The van der Waals surface area contributed by atoms with Gasteiger partial charge in [-0.25, -0.2) is 4.98 Å². The zero-order chi connectivity index (χ0) is 14.8. The third-order valence-electron chi connectivity index (χ3n) is 3.42. The minimum Gasteiger partial charge on any atom is -0.340 e. The summed E-state index contributed by atoms with van der Waals surface area (Å²) >= 11 is 3.51. The SMILES string of the molecule is Cc1ccc(Nc2ccc(NC(=O)C3CC3)cn2)cc1Br. The second-order valence-corrected chi connectivity index (χ2v) is 6.14. The molecular weight excluding hydrogens is 330 g/mol. The Morgan fingerprint density at radius 1 is 1.24 bits per heavy atom. The topological polar surface area (TPSA) is 54.0 Å². The molecule has 0 bridgehead atoms. The largest absolute Gasteiger partial charge is 0.340 e. The van der Waals surface area contributed by atoms with E-state index in [4.69, 9.17) is 0 Å². The predicted molar refractivity (Wildman–Crippen MR) is 87.8 cm³/mol. The van der Waals surface area contributed by atoms with Crippen LogP contribution in [0.3, 0.4) is 0 Å². The van der Waals surface area contributed by atoms with Crippen molar-refractivity contribution in [3.05, 3.63) is 46.6 Å². The average molecular weight is 346 g/mol. The van der Waals surface area contributed by atoms with Gasteiger partial charge in [-0.1, -0.05) is 22.0 Å². The summed E-state index contributed by atoms with van der Waals surface area (Å²) in [6.07, 6.45) is 3.67. The summed E-state index contributed by atoms with van der Waals surface area (Å²) in [5, 5.41) is 6.11. The maximum atomic E-state index is 11.7. The minimum atomic E-state index is 0.0972. The highest BCUT2D eigenvalue weighted by Gasteiger charge is 2.29. The number of carbonyl (C=O) groups is 1. The Bertz CT molecular complexity index is 666. The van der Waals surface area contributed by atoms with Crippen LogP contribution < -0.4 is 10.6 Å². The quantitative estimate of drug-likeness (QED) is 0.870. The van der Waals surface area contributed by atoms with E-state index < -0.39 is 0 Å². The Morgan fingerprint density at radius 2 is 2.00 bits per heavy atom. The van der Waals surface area contributed by atoms with Gasteiger partial charge in [-0.3, -0.25) is 4.79 Å². The number of benzene rings is 1. The summed E-state index contributed by atoms with van der Waals surface area (Å²) in [5.74, 6) is 1.04. The van der Waals surface area contributed by atoms with E-state index >= 15 is 0 Å². The molecule has 0 spiro atoms. The molecule has 1 aliphatic carbocycles. The van der Waals surface area contributed by atoms with Crippen LogP contribution in [0.25, 0.3) is 0 Å². The molecular formula is C16H16BrN3O. The molecule has 5 heteroatoms. The van der Waals surface area contributed by atoms with Gasteiger partial charge in [0.1, 0.15) is 5.82 Å². The predicted octanol–water partition coefficient (Wildman–Crippen LogP) is 4.24. The van der Waals surface area contributed by atoms with Crippen molar-refractivity contribution in [2.45, 2.75) is 19.8 Å². The second-order valence-electron chi connectivity index (χ2n) is 5.28. The number of hydrogen-bond acceptors (Lipinski definition) is 3. The van der Waals surface area contributed by atoms with Gasteiger partial charge in [0, 0.05) is 16.1 Å². The van der Waals surface area contributed by atoms with Crippen LogP contribution >= 0.6 is 15.9 Å². The van der Waals surface area contributed by atoms with E-state index in [1.165, 1.54) is 5.56 Å². The van der Waals surface area contributed by atoms with Crippen LogP contribution in [0.4, 0.5) is 17.2 Å². The molecule has 0 saturated heterocycles.